The lowest BCUT2D eigenvalue weighted by atomic mass is 10.0. The van der Waals surface area contributed by atoms with Crippen molar-refractivity contribution in [3.8, 4) is 0 Å². The molecule has 0 amide bonds. The summed E-state index contributed by atoms with van der Waals surface area (Å²) < 4.78 is 0. The topological polar surface area (TPSA) is 49.3 Å². The Morgan fingerprint density at radius 2 is 2.17 bits per heavy atom. The third-order valence-electron chi connectivity index (χ3n) is 3.39. The van der Waals surface area contributed by atoms with Crippen LogP contribution in [0.5, 0.6) is 0 Å². The summed E-state index contributed by atoms with van der Waals surface area (Å²) in [6, 6.07) is 5.45. The van der Waals surface area contributed by atoms with Gasteiger partial charge in [-0.25, -0.2) is 4.79 Å². The molecule has 0 spiro atoms. The van der Waals surface area contributed by atoms with Crippen LogP contribution in [-0.2, 0) is 0 Å². The van der Waals surface area contributed by atoms with Crippen LogP contribution in [0.25, 0.3) is 0 Å². The molecule has 18 heavy (non-hydrogen) atoms. The number of carboxylic acids is 1. The molecule has 1 fully saturated rings. The van der Waals surface area contributed by atoms with E-state index in [9.17, 15) is 4.79 Å². The Kier molecular flexibility index (Phi) is 4.53. The first-order valence-electron chi connectivity index (χ1n) is 6.32. The number of aryl methyl sites for hydroxylation is 1. The van der Waals surface area contributed by atoms with Crippen LogP contribution in [-0.4, -0.2) is 29.1 Å². The summed E-state index contributed by atoms with van der Waals surface area (Å²) in [4.78, 5) is 10.9. The molecule has 3 nitrogen and oxygen atoms in total. The van der Waals surface area contributed by atoms with Crippen molar-refractivity contribution in [3.63, 3.8) is 0 Å². The van der Waals surface area contributed by atoms with Gasteiger partial charge in [0.2, 0.25) is 0 Å². The number of carboxylic acid groups (broad SMARTS) is 1. The van der Waals surface area contributed by atoms with E-state index in [1.54, 1.807) is 6.07 Å². The lowest BCUT2D eigenvalue weighted by Crippen LogP contribution is -2.19. The minimum Gasteiger partial charge on any atom is -0.478 e. The number of rotatable bonds is 4. The molecule has 0 atom stereocenters. The zero-order valence-electron chi connectivity index (χ0n) is 10.6. The first-order valence-corrected chi connectivity index (χ1v) is 7.48. The molecule has 1 aliphatic rings. The molecule has 0 aromatic heterocycles. The summed E-state index contributed by atoms with van der Waals surface area (Å²) >= 11 is 2.03. The first kappa shape index (κ1) is 13.3. The average Bonchev–Trinajstić information content (AvgIpc) is 2.37. The fourth-order valence-corrected chi connectivity index (χ4v) is 3.43. The van der Waals surface area contributed by atoms with Crippen molar-refractivity contribution in [2.24, 2.45) is 5.92 Å². The van der Waals surface area contributed by atoms with Crippen LogP contribution in [0.1, 0.15) is 28.8 Å². The maximum Gasteiger partial charge on any atom is 0.335 e. The van der Waals surface area contributed by atoms with Crippen molar-refractivity contribution in [2.45, 2.75) is 19.8 Å². The summed E-state index contributed by atoms with van der Waals surface area (Å²) in [6.45, 7) is 2.83. The first-order chi connectivity index (χ1) is 8.66. The van der Waals surface area contributed by atoms with E-state index in [2.05, 4.69) is 5.32 Å². The second-order valence-electron chi connectivity index (χ2n) is 4.77. The zero-order valence-corrected chi connectivity index (χ0v) is 11.4. The summed E-state index contributed by atoms with van der Waals surface area (Å²) in [5.74, 6) is 2.43. The van der Waals surface area contributed by atoms with Gasteiger partial charge in [0, 0.05) is 12.2 Å². The lowest BCUT2D eigenvalue weighted by Gasteiger charge is -2.22. The monoisotopic (exact) mass is 265 g/mol. The van der Waals surface area contributed by atoms with E-state index in [0.717, 1.165) is 23.7 Å². The van der Waals surface area contributed by atoms with Crippen LogP contribution >= 0.6 is 11.8 Å². The van der Waals surface area contributed by atoms with Gasteiger partial charge < -0.3 is 10.4 Å². The van der Waals surface area contributed by atoms with Crippen LogP contribution in [0.4, 0.5) is 5.69 Å². The smallest absolute Gasteiger partial charge is 0.335 e. The second kappa shape index (κ2) is 6.14. The van der Waals surface area contributed by atoms with E-state index >= 15 is 0 Å². The van der Waals surface area contributed by atoms with Crippen molar-refractivity contribution in [2.75, 3.05) is 23.4 Å². The lowest BCUT2D eigenvalue weighted by molar-refractivity contribution is 0.0696. The van der Waals surface area contributed by atoms with E-state index in [0.29, 0.717) is 5.56 Å². The molecule has 1 aromatic carbocycles. The molecule has 98 valence electrons. The Labute approximate surface area is 112 Å². The molecule has 4 heteroatoms. The normalized spacial score (nSPS) is 16.5. The van der Waals surface area contributed by atoms with Crippen LogP contribution in [0, 0.1) is 12.8 Å². The zero-order chi connectivity index (χ0) is 13.0. The van der Waals surface area contributed by atoms with Gasteiger partial charge in [0.25, 0.3) is 0 Å². The minimum atomic E-state index is -0.858. The number of aromatic carboxylic acids is 1. The summed E-state index contributed by atoms with van der Waals surface area (Å²) in [5.41, 5.74) is 2.22. The Bertz CT molecular complexity index is 428. The van der Waals surface area contributed by atoms with Crippen LogP contribution in [0.2, 0.25) is 0 Å². The van der Waals surface area contributed by atoms with Gasteiger partial charge in [-0.15, -0.1) is 0 Å². The van der Waals surface area contributed by atoms with Gasteiger partial charge in [-0.05, 0) is 61.0 Å². The highest BCUT2D eigenvalue weighted by atomic mass is 32.2. The molecule has 0 aliphatic carbocycles. The number of hydrogen-bond acceptors (Lipinski definition) is 3. The predicted octanol–water partition coefficient (Wildman–Crippen LogP) is 3.25. The number of anilines is 1. The van der Waals surface area contributed by atoms with Crippen LogP contribution in [0.3, 0.4) is 0 Å². The van der Waals surface area contributed by atoms with Crippen LogP contribution < -0.4 is 5.32 Å². The van der Waals surface area contributed by atoms with Crippen molar-refractivity contribution < 1.29 is 9.90 Å². The molecule has 0 bridgehead atoms. The van der Waals surface area contributed by atoms with Gasteiger partial charge in [-0.3, -0.25) is 0 Å². The highest BCUT2D eigenvalue weighted by Crippen LogP contribution is 2.23. The van der Waals surface area contributed by atoms with Gasteiger partial charge in [0.15, 0.2) is 0 Å². The third kappa shape index (κ3) is 3.42. The highest BCUT2D eigenvalue weighted by Gasteiger charge is 2.13. The Morgan fingerprint density at radius 1 is 1.44 bits per heavy atom. The summed E-state index contributed by atoms with van der Waals surface area (Å²) in [7, 11) is 0. The number of carbonyl (C=O) groups is 1. The minimum absolute atomic E-state index is 0.384. The van der Waals surface area contributed by atoms with E-state index in [1.807, 2.05) is 30.8 Å². The van der Waals surface area contributed by atoms with Crippen LogP contribution in [0.15, 0.2) is 18.2 Å². The van der Waals surface area contributed by atoms with E-state index in [-0.39, 0.29) is 0 Å². The Hall–Kier alpha value is -1.16. The summed E-state index contributed by atoms with van der Waals surface area (Å²) in [5, 5.41) is 12.4. The van der Waals surface area contributed by atoms with E-state index in [4.69, 9.17) is 5.11 Å². The molecule has 1 saturated heterocycles. The Balaban J connectivity index is 1.93. The SMILES string of the molecule is Cc1cc(NCC2CCSCC2)ccc1C(=O)O. The third-order valence-corrected chi connectivity index (χ3v) is 4.44. The molecule has 0 saturated carbocycles. The molecule has 0 radical (unpaired) electrons. The maximum atomic E-state index is 10.9. The van der Waals surface area contributed by atoms with E-state index in [1.165, 1.54) is 24.3 Å². The Morgan fingerprint density at radius 3 is 2.78 bits per heavy atom. The highest BCUT2D eigenvalue weighted by molar-refractivity contribution is 7.99. The molecular formula is C14H19NO2S. The standard InChI is InChI=1S/C14H19NO2S/c1-10-8-12(2-3-13(10)14(16)17)15-9-11-4-6-18-7-5-11/h2-3,8,11,15H,4-7,9H2,1H3,(H,16,17). The number of hydrogen-bond donors (Lipinski definition) is 2. The van der Waals surface area contributed by atoms with Gasteiger partial charge in [-0.2, -0.15) is 11.8 Å². The maximum absolute atomic E-state index is 10.9. The molecule has 2 N–H and O–H groups in total. The molecule has 2 rings (SSSR count). The quantitative estimate of drug-likeness (QED) is 0.877. The molecule has 0 unspecified atom stereocenters. The van der Waals surface area contributed by atoms with Gasteiger partial charge >= 0.3 is 5.97 Å². The number of thioether (sulfide) groups is 1. The summed E-state index contributed by atoms with van der Waals surface area (Å²) in [6.07, 6.45) is 2.56. The molecule has 1 aliphatic heterocycles. The van der Waals surface area contributed by atoms with Gasteiger partial charge in [0.05, 0.1) is 5.56 Å². The molecular weight excluding hydrogens is 246 g/mol. The fourth-order valence-electron chi connectivity index (χ4n) is 2.23. The largest absolute Gasteiger partial charge is 0.478 e. The fraction of sp³-hybridized carbons (Fsp3) is 0.500. The van der Waals surface area contributed by atoms with Gasteiger partial charge in [-0.1, -0.05) is 0 Å². The molecule has 1 aromatic rings. The average molecular weight is 265 g/mol. The van der Waals surface area contributed by atoms with Crippen molar-refractivity contribution in [1.29, 1.82) is 0 Å². The second-order valence-corrected chi connectivity index (χ2v) is 6.00. The number of benzene rings is 1. The van der Waals surface area contributed by atoms with Gasteiger partial charge in [0.1, 0.15) is 0 Å². The van der Waals surface area contributed by atoms with Crippen molar-refractivity contribution in [3.05, 3.63) is 29.3 Å². The van der Waals surface area contributed by atoms with Crippen molar-refractivity contribution >= 4 is 23.4 Å². The molecule has 1 heterocycles. The number of nitrogens with one attached hydrogen (secondary N) is 1. The predicted molar refractivity (Wildman–Crippen MR) is 76.7 cm³/mol. The van der Waals surface area contributed by atoms with Crippen molar-refractivity contribution in [1.82, 2.24) is 0 Å². The van der Waals surface area contributed by atoms with E-state index < -0.39 is 5.97 Å².